The van der Waals surface area contributed by atoms with Crippen LogP contribution in [0, 0.1) is 0 Å². The van der Waals surface area contributed by atoms with Crippen molar-refractivity contribution >= 4 is 43.6 Å². The van der Waals surface area contributed by atoms with Gasteiger partial charge in [-0.2, -0.15) is 13.2 Å². The van der Waals surface area contributed by atoms with Crippen molar-refractivity contribution in [1.82, 2.24) is 19.1 Å². The first-order valence-electron chi connectivity index (χ1n) is 19.7. The highest BCUT2D eigenvalue weighted by Crippen LogP contribution is 2.43. The first kappa shape index (κ1) is 35.4. The summed E-state index contributed by atoms with van der Waals surface area (Å²) in [7, 11) is 0. The number of hydrogen-bond donors (Lipinski definition) is 0. The summed E-state index contributed by atoms with van der Waals surface area (Å²) in [6.45, 7) is 0. The molecule has 11 rings (SSSR count). The number of benzene rings is 8. The van der Waals surface area contributed by atoms with Crippen molar-refractivity contribution in [2.24, 2.45) is 0 Å². The van der Waals surface area contributed by atoms with Crippen LogP contribution in [0.5, 0.6) is 0 Å². The standard InChI is InChI=1S/C53H33F3N4/c54-53(55,56)37-28-30-50-43(32-37)41-22-10-14-26-49(41)60(50)51-31-36(45-33-44(34-15-3-1-4-16-34)57-52(58-45)35-17-5-2-6-18-35)27-29-42(51)40-21-9-13-25-48(40)59-46-23-11-7-19-38(46)39-20-8-12-24-47(39)59/h1-33H. The SMILES string of the molecule is FC(F)(F)c1ccc2c(c1)c1ccccc1n2-c1cc(-c2cc(-c3ccccc3)nc(-c3ccccc3)n2)ccc1-c1ccccc1-n1c2ccccc2c2ccccc21. The number of nitrogens with zero attached hydrogens (tertiary/aromatic N) is 4. The molecule has 3 heterocycles. The van der Waals surface area contributed by atoms with Crippen molar-refractivity contribution < 1.29 is 13.2 Å². The Balaban J connectivity index is 1.22. The van der Waals surface area contributed by atoms with E-state index in [1.165, 1.54) is 12.1 Å². The molecule has 0 aliphatic rings. The summed E-state index contributed by atoms with van der Waals surface area (Å²) in [6, 6.07) is 65.2. The van der Waals surface area contributed by atoms with E-state index in [-0.39, 0.29) is 0 Å². The number of halogens is 3. The predicted octanol–water partition coefficient (Wildman–Crippen LogP) is 14.4. The number of fused-ring (bicyclic) bond motifs is 6. The number of hydrogen-bond acceptors (Lipinski definition) is 2. The van der Waals surface area contributed by atoms with Crippen LogP contribution >= 0.6 is 0 Å². The largest absolute Gasteiger partial charge is 0.416 e. The molecular formula is C53H33F3N4. The molecule has 0 fully saturated rings. The van der Waals surface area contributed by atoms with Crippen LogP contribution in [-0.2, 0) is 6.18 Å². The van der Waals surface area contributed by atoms with Gasteiger partial charge in [0.15, 0.2) is 5.82 Å². The van der Waals surface area contributed by atoms with Crippen LogP contribution in [0.25, 0.3) is 100 Å². The topological polar surface area (TPSA) is 35.6 Å². The molecule has 60 heavy (non-hydrogen) atoms. The van der Waals surface area contributed by atoms with Gasteiger partial charge in [-0.3, -0.25) is 0 Å². The molecular weight excluding hydrogens is 750 g/mol. The lowest BCUT2D eigenvalue weighted by Crippen LogP contribution is -2.05. The van der Waals surface area contributed by atoms with Crippen LogP contribution < -0.4 is 0 Å². The average Bonchev–Trinajstić information content (AvgIpc) is 3.81. The lowest BCUT2D eigenvalue weighted by atomic mass is 9.97. The van der Waals surface area contributed by atoms with Gasteiger partial charge in [-0.05, 0) is 54.6 Å². The van der Waals surface area contributed by atoms with Crippen molar-refractivity contribution in [2.45, 2.75) is 6.18 Å². The summed E-state index contributed by atoms with van der Waals surface area (Å²) in [5.41, 5.74) is 10.7. The minimum absolute atomic E-state index is 0.521. The van der Waals surface area contributed by atoms with Gasteiger partial charge in [-0.25, -0.2) is 9.97 Å². The second kappa shape index (κ2) is 14.0. The van der Waals surface area contributed by atoms with Crippen molar-refractivity contribution in [3.63, 3.8) is 0 Å². The van der Waals surface area contributed by atoms with Crippen LogP contribution in [-0.4, -0.2) is 19.1 Å². The second-order valence-corrected chi connectivity index (χ2v) is 14.9. The number of alkyl halides is 3. The van der Waals surface area contributed by atoms with Crippen molar-refractivity contribution in [3.8, 4) is 56.4 Å². The summed E-state index contributed by atoms with van der Waals surface area (Å²) in [4.78, 5) is 10.2. The van der Waals surface area contributed by atoms with Gasteiger partial charge in [0.1, 0.15) is 0 Å². The summed E-state index contributed by atoms with van der Waals surface area (Å²) in [5.74, 6) is 0.589. The molecule has 4 nitrogen and oxygen atoms in total. The van der Waals surface area contributed by atoms with E-state index in [9.17, 15) is 13.2 Å². The number of rotatable bonds is 6. The average molecular weight is 783 g/mol. The van der Waals surface area contributed by atoms with E-state index < -0.39 is 11.7 Å². The second-order valence-electron chi connectivity index (χ2n) is 14.9. The molecule has 0 unspecified atom stereocenters. The highest BCUT2D eigenvalue weighted by molar-refractivity contribution is 6.11. The van der Waals surface area contributed by atoms with Crippen LogP contribution in [0.15, 0.2) is 200 Å². The van der Waals surface area contributed by atoms with E-state index in [1.54, 1.807) is 6.07 Å². The van der Waals surface area contributed by atoms with Gasteiger partial charge in [-0.15, -0.1) is 0 Å². The first-order valence-corrected chi connectivity index (χ1v) is 19.7. The molecule has 0 radical (unpaired) electrons. The van der Waals surface area contributed by atoms with Gasteiger partial charge >= 0.3 is 6.18 Å². The molecule has 0 aliphatic carbocycles. The van der Waals surface area contributed by atoms with E-state index in [1.807, 2.05) is 103 Å². The van der Waals surface area contributed by atoms with E-state index >= 15 is 0 Å². The monoisotopic (exact) mass is 782 g/mol. The van der Waals surface area contributed by atoms with Crippen molar-refractivity contribution in [3.05, 3.63) is 206 Å². The Kier molecular flexibility index (Phi) is 8.23. The maximum absolute atomic E-state index is 14.3. The third-order valence-electron chi connectivity index (χ3n) is 11.4. The zero-order valence-corrected chi connectivity index (χ0v) is 32.0. The number of aromatic nitrogens is 4. The Morgan fingerprint density at radius 3 is 1.47 bits per heavy atom. The fraction of sp³-hybridized carbons (Fsp3) is 0.0189. The molecule has 0 spiro atoms. The van der Waals surface area contributed by atoms with Gasteiger partial charge in [0.25, 0.3) is 0 Å². The number of para-hydroxylation sites is 4. The van der Waals surface area contributed by atoms with E-state index in [0.29, 0.717) is 22.4 Å². The van der Waals surface area contributed by atoms with Gasteiger partial charge in [0.2, 0.25) is 0 Å². The van der Waals surface area contributed by atoms with Crippen LogP contribution in [0.3, 0.4) is 0 Å². The van der Waals surface area contributed by atoms with Gasteiger partial charge in [-0.1, -0.05) is 146 Å². The molecule has 286 valence electrons. The Morgan fingerprint density at radius 1 is 0.350 bits per heavy atom. The fourth-order valence-electron chi connectivity index (χ4n) is 8.66. The van der Waals surface area contributed by atoms with Gasteiger partial charge in [0, 0.05) is 49.4 Å². The summed E-state index contributed by atoms with van der Waals surface area (Å²) < 4.78 is 47.2. The molecule has 0 saturated heterocycles. The third-order valence-corrected chi connectivity index (χ3v) is 11.4. The molecule has 0 atom stereocenters. The predicted molar refractivity (Wildman–Crippen MR) is 237 cm³/mol. The Labute approximate surface area is 343 Å². The maximum atomic E-state index is 14.3. The van der Waals surface area contributed by atoms with E-state index in [4.69, 9.17) is 9.97 Å². The minimum Gasteiger partial charge on any atom is -0.309 e. The van der Waals surface area contributed by atoms with Crippen LogP contribution in [0.4, 0.5) is 13.2 Å². The molecule has 0 N–H and O–H groups in total. The first-order chi connectivity index (χ1) is 29.4. The minimum atomic E-state index is -4.50. The van der Waals surface area contributed by atoms with Crippen molar-refractivity contribution in [2.75, 3.05) is 0 Å². The van der Waals surface area contributed by atoms with Crippen molar-refractivity contribution in [1.29, 1.82) is 0 Å². The molecule has 3 aromatic heterocycles. The normalized spacial score (nSPS) is 11.9. The molecule has 0 bridgehead atoms. The van der Waals surface area contributed by atoms with E-state index in [0.717, 1.165) is 77.6 Å². The quantitative estimate of drug-likeness (QED) is 0.168. The van der Waals surface area contributed by atoms with E-state index in [2.05, 4.69) is 88.0 Å². The summed E-state index contributed by atoms with van der Waals surface area (Å²) >= 11 is 0. The highest BCUT2D eigenvalue weighted by Gasteiger charge is 2.31. The Hall–Kier alpha value is -7.77. The summed E-state index contributed by atoms with van der Waals surface area (Å²) in [5, 5.41) is 3.54. The summed E-state index contributed by atoms with van der Waals surface area (Å²) in [6.07, 6.45) is -4.50. The lowest BCUT2D eigenvalue weighted by Gasteiger charge is -2.20. The molecule has 7 heteroatoms. The molecule has 11 aromatic rings. The van der Waals surface area contributed by atoms with Gasteiger partial charge in [0.05, 0.1) is 50.4 Å². The maximum Gasteiger partial charge on any atom is 0.416 e. The molecule has 0 amide bonds. The fourth-order valence-corrected chi connectivity index (χ4v) is 8.66. The lowest BCUT2D eigenvalue weighted by molar-refractivity contribution is -0.137. The molecule has 8 aromatic carbocycles. The van der Waals surface area contributed by atoms with Crippen LogP contribution in [0.2, 0.25) is 0 Å². The Bertz CT molecular complexity index is 3310. The Morgan fingerprint density at radius 2 is 0.833 bits per heavy atom. The smallest absolute Gasteiger partial charge is 0.309 e. The highest BCUT2D eigenvalue weighted by atomic mass is 19.4. The zero-order chi connectivity index (χ0) is 40.4. The van der Waals surface area contributed by atoms with Gasteiger partial charge < -0.3 is 9.13 Å². The zero-order valence-electron chi connectivity index (χ0n) is 32.0. The third kappa shape index (κ3) is 5.85. The molecule has 0 saturated carbocycles. The molecule has 0 aliphatic heterocycles. The van der Waals surface area contributed by atoms with Crippen LogP contribution in [0.1, 0.15) is 5.56 Å².